The zero-order valence-corrected chi connectivity index (χ0v) is 18.3. The highest BCUT2D eigenvalue weighted by Crippen LogP contribution is 2.30. The molecule has 3 rings (SSSR count). The molecule has 0 amide bonds. The Balaban J connectivity index is 1.75. The number of nitrogens with one attached hydrogen (secondary N) is 2. The molecule has 0 bridgehead atoms. The van der Waals surface area contributed by atoms with Gasteiger partial charge >= 0.3 is 6.18 Å². The van der Waals surface area contributed by atoms with Crippen LogP contribution >= 0.6 is 35.4 Å². The molecule has 0 spiro atoms. The smallest absolute Gasteiger partial charge is 0.332 e. The Hall–Kier alpha value is -2.29. The van der Waals surface area contributed by atoms with Gasteiger partial charge in [-0.1, -0.05) is 35.3 Å². The SMILES string of the molecule is Cc1nn(Cc2cccc(C(F)(F)F)c2)c(C)c1NC(=S)Nc1ccc(Cl)c(Cl)c1. The largest absolute Gasteiger partial charge is 0.416 e. The van der Waals surface area contributed by atoms with Crippen molar-refractivity contribution in [2.45, 2.75) is 26.6 Å². The molecule has 0 atom stereocenters. The fraction of sp³-hybridized carbons (Fsp3) is 0.200. The van der Waals surface area contributed by atoms with Crippen molar-refractivity contribution in [1.29, 1.82) is 0 Å². The summed E-state index contributed by atoms with van der Waals surface area (Å²) in [6, 6.07) is 10.2. The minimum atomic E-state index is -4.39. The van der Waals surface area contributed by atoms with E-state index < -0.39 is 11.7 Å². The van der Waals surface area contributed by atoms with Crippen LogP contribution in [0, 0.1) is 13.8 Å². The number of hydrogen-bond donors (Lipinski definition) is 2. The van der Waals surface area contributed by atoms with Gasteiger partial charge in [-0.05, 0) is 62.0 Å². The third-order valence-electron chi connectivity index (χ3n) is 4.38. The zero-order valence-electron chi connectivity index (χ0n) is 15.9. The van der Waals surface area contributed by atoms with Crippen molar-refractivity contribution in [2.24, 2.45) is 0 Å². The summed E-state index contributed by atoms with van der Waals surface area (Å²) in [7, 11) is 0. The van der Waals surface area contributed by atoms with Gasteiger partial charge in [0.25, 0.3) is 0 Å². The molecule has 0 saturated heterocycles. The molecule has 0 saturated carbocycles. The monoisotopic (exact) mass is 472 g/mol. The summed E-state index contributed by atoms with van der Waals surface area (Å²) in [4.78, 5) is 0. The van der Waals surface area contributed by atoms with Crippen LogP contribution in [0.25, 0.3) is 0 Å². The molecule has 1 heterocycles. The number of benzene rings is 2. The third-order valence-corrected chi connectivity index (χ3v) is 5.33. The number of aromatic nitrogens is 2. The molecule has 0 aliphatic heterocycles. The summed E-state index contributed by atoms with van der Waals surface area (Å²) < 4.78 is 40.5. The normalized spacial score (nSPS) is 11.4. The van der Waals surface area contributed by atoms with Gasteiger partial charge in [-0.15, -0.1) is 0 Å². The van der Waals surface area contributed by atoms with Gasteiger partial charge in [-0.2, -0.15) is 18.3 Å². The molecule has 2 aromatic carbocycles. The summed E-state index contributed by atoms with van der Waals surface area (Å²) >= 11 is 17.3. The van der Waals surface area contributed by atoms with Crippen molar-refractivity contribution in [3.05, 3.63) is 75.0 Å². The van der Waals surface area contributed by atoms with E-state index in [4.69, 9.17) is 35.4 Å². The first kappa shape index (κ1) is 22.4. The summed E-state index contributed by atoms with van der Waals surface area (Å²) in [5.41, 5.74) is 2.56. The third kappa shape index (κ3) is 5.24. The van der Waals surface area contributed by atoms with Gasteiger partial charge in [-0.25, -0.2) is 0 Å². The second kappa shape index (κ2) is 8.83. The predicted octanol–water partition coefficient (Wildman–Crippen LogP) is 6.68. The molecule has 0 aliphatic rings. The Morgan fingerprint density at radius 3 is 2.47 bits per heavy atom. The van der Waals surface area contributed by atoms with Crippen molar-refractivity contribution in [2.75, 3.05) is 10.6 Å². The van der Waals surface area contributed by atoms with Crippen LogP contribution in [0.4, 0.5) is 24.5 Å². The van der Waals surface area contributed by atoms with Crippen molar-refractivity contribution in [1.82, 2.24) is 9.78 Å². The maximum Gasteiger partial charge on any atom is 0.416 e. The average Bonchev–Trinajstić information content (AvgIpc) is 2.92. The Kier molecular flexibility index (Phi) is 6.59. The Labute approximate surface area is 187 Å². The topological polar surface area (TPSA) is 41.9 Å². The van der Waals surface area contributed by atoms with Crippen molar-refractivity contribution in [3.63, 3.8) is 0 Å². The van der Waals surface area contributed by atoms with Crippen molar-refractivity contribution >= 4 is 51.9 Å². The fourth-order valence-electron chi connectivity index (χ4n) is 2.90. The van der Waals surface area contributed by atoms with Gasteiger partial charge in [0.2, 0.25) is 0 Å². The molecule has 0 radical (unpaired) electrons. The molecule has 0 fully saturated rings. The second-order valence-corrected chi connectivity index (χ2v) is 7.83. The van der Waals surface area contributed by atoms with E-state index in [9.17, 15) is 13.2 Å². The maximum absolute atomic E-state index is 13.0. The lowest BCUT2D eigenvalue weighted by Crippen LogP contribution is -2.20. The quantitative estimate of drug-likeness (QED) is 0.415. The molecular weight excluding hydrogens is 456 g/mol. The van der Waals surface area contributed by atoms with Gasteiger partial charge in [0.05, 0.1) is 39.2 Å². The number of hydrogen-bond acceptors (Lipinski definition) is 2. The van der Waals surface area contributed by atoms with Gasteiger partial charge in [0, 0.05) is 5.69 Å². The van der Waals surface area contributed by atoms with Crippen LogP contribution in [-0.2, 0) is 12.7 Å². The molecule has 3 aromatic rings. The minimum Gasteiger partial charge on any atom is -0.332 e. The lowest BCUT2D eigenvalue weighted by atomic mass is 10.1. The van der Waals surface area contributed by atoms with E-state index in [0.29, 0.717) is 37.8 Å². The molecule has 1 aromatic heterocycles. The number of aryl methyl sites for hydroxylation is 1. The number of nitrogens with zero attached hydrogens (tertiary/aromatic N) is 2. The number of thiocarbonyl (C=S) groups is 1. The number of alkyl halides is 3. The number of rotatable bonds is 4. The van der Waals surface area contributed by atoms with E-state index in [1.165, 1.54) is 6.07 Å². The molecule has 0 aliphatic carbocycles. The number of halogens is 5. The van der Waals surface area contributed by atoms with E-state index in [1.54, 1.807) is 35.9 Å². The van der Waals surface area contributed by atoms with E-state index in [2.05, 4.69) is 15.7 Å². The summed E-state index contributed by atoms with van der Waals surface area (Å²) in [5, 5.41) is 11.7. The fourth-order valence-corrected chi connectivity index (χ4v) is 3.42. The highest BCUT2D eigenvalue weighted by Gasteiger charge is 2.30. The molecular formula is C20H17Cl2F3N4S. The first-order chi connectivity index (χ1) is 14.0. The highest BCUT2D eigenvalue weighted by atomic mass is 35.5. The lowest BCUT2D eigenvalue weighted by Gasteiger charge is -2.12. The van der Waals surface area contributed by atoms with Crippen LogP contribution in [0.5, 0.6) is 0 Å². The van der Waals surface area contributed by atoms with E-state index >= 15 is 0 Å². The van der Waals surface area contributed by atoms with Crippen LogP contribution < -0.4 is 10.6 Å². The molecule has 30 heavy (non-hydrogen) atoms. The van der Waals surface area contributed by atoms with Crippen LogP contribution in [0.2, 0.25) is 10.0 Å². The first-order valence-corrected chi connectivity index (χ1v) is 9.94. The zero-order chi connectivity index (χ0) is 22.1. The van der Waals surface area contributed by atoms with Gasteiger partial charge < -0.3 is 10.6 Å². The van der Waals surface area contributed by atoms with Crippen LogP contribution in [0.15, 0.2) is 42.5 Å². The number of anilines is 2. The van der Waals surface area contributed by atoms with Gasteiger partial charge in [0.1, 0.15) is 0 Å². The van der Waals surface area contributed by atoms with Gasteiger partial charge in [-0.3, -0.25) is 4.68 Å². The summed E-state index contributed by atoms with van der Waals surface area (Å²) in [6.45, 7) is 3.81. The predicted molar refractivity (Wildman–Crippen MR) is 119 cm³/mol. The minimum absolute atomic E-state index is 0.200. The molecule has 4 nitrogen and oxygen atoms in total. The van der Waals surface area contributed by atoms with Gasteiger partial charge in [0.15, 0.2) is 5.11 Å². The lowest BCUT2D eigenvalue weighted by molar-refractivity contribution is -0.137. The van der Waals surface area contributed by atoms with E-state index in [-0.39, 0.29) is 6.54 Å². The molecule has 10 heteroatoms. The van der Waals surface area contributed by atoms with Crippen LogP contribution in [0.1, 0.15) is 22.5 Å². The molecule has 2 N–H and O–H groups in total. The van der Waals surface area contributed by atoms with Crippen LogP contribution in [-0.4, -0.2) is 14.9 Å². The van der Waals surface area contributed by atoms with E-state index in [1.807, 2.05) is 6.92 Å². The summed E-state index contributed by atoms with van der Waals surface area (Å²) in [5.74, 6) is 0. The average molecular weight is 473 g/mol. The standard InChI is InChI=1S/C20H17Cl2F3N4S/c1-11-18(27-19(30)26-15-6-7-16(21)17(22)9-15)12(2)29(28-11)10-13-4-3-5-14(8-13)20(23,24)25/h3-9H,10H2,1-2H3,(H2,26,27,30). The Morgan fingerprint density at radius 1 is 1.07 bits per heavy atom. The van der Waals surface area contributed by atoms with E-state index in [0.717, 1.165) is 17.8 Å². The Bertz CT molecular complexity index is 1100. The molecule has 0 unspecified atom stereocenters. The van der Waals surface area contributed by atoms with Crippen molar-refractivity contribution in [3.8, 4) is 0 Å². The first-order valence-electron chi connectivity index (χ1n) is 8.78. The maximum atomic E-state index is 13.0. The second-order valence-electron chi connectivity index (χ2n) is 6.61. The van der Waals surface area contributed by atoms with Crippen LogP contribution in [0.3, 0.4) is 0 Å². The van der Waals surface area contributed by atoms with Crippen molar-refractivity contribution < 1.29 is 13.2 Å². The molecule has 158 valence electrons. The Morgan fingerprint density at radius 2 is 1.80 bits per heavy atom. The highest BCUT2D eigenvalue weighted by molar-refractivity contribution is 7.80. The summed E-state index contributed by atoms with van der Waals surface area (Å²) in [6.07, 6.45) is -4.39.